The van der Waals surface area contributed by atoms with Crippen LogP contribution in [0, 0.1) is 0 Å². The lowest BCUT2D eigenvalue weighted by atomic mass is 9.91. The Bertz CT molecular complexity index is 3590. The Morgan fingerprint density at radius 2 is 0.733 bits per heavy atom. The maximum atomic E-state index is 6.30. The molecule has 12 rings (SSSR count). The van der Waals surface area contributed by atoms with Crippen molar-refractivity contribution >= 4 is 82.1 Å². The highest BCUT2D eigenvalue weighted by Gasteiger charge is 2.17. The lowest BCUT2D eigenvalue weighted by molar-refractivity contribution is 0.669. The molecule has 0 fully saturated rings. The van der Waals surface area contributed by atoms with Gasteiger partial charge in [0.25, 0.3) is 0 Å². The first-order chi connectivity index (χ1) is 29.7. The molecule has 0 aliphatic rings. The summed E-state index contributed by atoms with van der Waals surface area (Å²) in [5.74, 6) is 0. The van der Waals surface area contributed by atoms with Gasteiger partial charge in [0, 0.05) is 27.8 Å². The van der Waals surface area contributed by atoms with E-state index in [1.807, 2.05) is 12.1 Å². The molecular weight excluding hydrogens is 727 g/mol. The monoisotopic (exact) mass is 763 g/mol. The predicted molar refractivity (Wildman–Crippen MR) is 255 cm³/mol. The first-order valence-electron chi connectivity index (χ1n) is 20.6. The van der Waals surface area contributed by atoms with Crippen LogP contribution < -0.4 is 4.90 Å². The van der Waals surface area contributed by atoms with Gasteiger partial charge in [-0.2, -0.15) is 0 Å². The average molecular weight is 764 g/mol. The summed E-state index contributed by atoms with van der Waals surface area (Å²) in [6.45, 7) is 0. The van der Waals surface area contributed by atoms with Gasteiger partial charge in [0.2, 0.25) is 0 Å². The first-order valence-corrected chi connectivity index (χ1v) is 20.6. The molecule has 2 nitrogen and oxygen atoms in total. The third-order valence-corrected chi connectivity index (χ3v) is 12.2. The van der Waals surface area contributed by atoms with Crippen molar-refractivity contribution in [3.05, 3.63) is 224 Å². The minimum atomic E-state index is 0.894. The number of fused-ring (bicyclic) bond motifs is 10. The third-order valence-electron chi connectivity index (χ3n) is 12.2. The summed E-state index contributed by atoms with van der Waals surface area (Å²) in [6.07, 6.45) is 0. The number of anilines is 3. The fraction of sp³-hybridized carbons (Fsp3) is 0. The van der Waals surface area contributed by atoms with E-state index in [4.69, 9.17) is 4.42 Å². The van der Waals surface area contributed by atoms with E-state index in [1.54, 1.807) is 0 Å². The van der Waals surface area contributed by atoms with E-state index in [0.29, 0.717) is 0 Å². The van der Waals surface area contributed by atoms with Crippen LogP contribution in [-0.4, -0.2) is 0 Å². The fourth-order valence-corrected chi connectivity index (χ4v) is 9.26. The molecule has 0 aliphatic heterocycles. The molecule has 1 aromatic heterocycles. The molecule has 0 amide bonds. The Kier molecular flexibility index (Phi) is 7.89. The van der Waals surface area contributed by atoms with Gasteiger partial charge in [-0.05, 0) is 137 Å². The molecule has 1 heterocycles. The minimum Gasteiger partial charge on any atom is -0.456 e. The van der Waals surface area contributed by atoms with Crippen molar-refractivity contribution in [2.75, 3.05) is 4.90 Å². The van der Waals surface area contributed by atoms with Gasteiger partial charge < -0.3 is 9.32 Å². The van der Waals surface area contributed by atoms with E-state index in [9.17, 15) is 0 Å². The Morgan fingerprint density at radius 1 is 0.250 bits per heavy atom. The molecule has 11 aromatic carbocycles. The zero-order valence-electron chi connectivity index (χ0n) is 32.7. The van der Waals surface area contributed by atoms with E-state index < -0.39 is 0 Å². The second-order valence-corrected chi connectivity index (χ2v) is 15.7. The summed E-state index contributed by atoms with van der Waals surface area (Å²) in [4.78, 5) is 2.37. The van der Waals surface area contributed by atoms with Crippen LogP contribution in [-0.2, 0) is 0 Å². The lowest BCUT2D eigenvalue weighted by Crippen LogP contribution is -2.10. The smallest absolute Gasteiger partial charge is 0.136 e. The number of furan rings is 1. The highest BCUT2D eigenvalue weighted by molar-refractivity contribution is 6.27. The molecule has 0 saturated heterocycles. The van der Waals surface area contributed by atoms with Gasteiger partial charge >= 0.3 is 0 Å². The molecule has 0 saturated carbocycles. The van der Waals surface area contributed by atoms with E-state index >= 15 is 0 Å². The Hall–Kier alpha value is -7.94. The summed E-state index contributed by atoms with van der Waals surface area (Å²) >= 11 is 0. The third kappa shape index (κ3) is 5.73. The highest BCUT2D eigenvalue weighted by Crippen LogP contribution is 2.42. The molecule has 0 spiro atoms. The molecule has 280 valence electrons. The quantitative estimate of drug-likeness (QED) is 0.157. The number of nitrogens with zero attached hydrogens (tertiary/aromatic N) is 1. The van der Waals surface area contributed by atoms with E-state index in [0.717, 1.165) is 50.1 Å². The van der Waals surface area contributed by atoms with Crippen LogP contribution in [0.5, 0.6) is 0 Å². The topological polar surface area (TPSA) is 16.4 Å². The van der Waals surface area contributed by atoms with E-state index in [-0.39, 0.29) is 0 Å². The van der Waals surface area contributed by atoms with Crippen molar-refractivity contribution in [2.45, 2.75) is 0 Å². The van der Waals surface area contributed by atoms with Crippen LogP contribution in [0.25, 0.3) is 98.4 Å². The lowest BCUT2D eigenvalue weighted by Gasteiger charge is -2.27. The maximum Gasteiger partial charge on any atom is 0.136 e. The number of benzene rings is 11. The van der Waals surface area contributed by atoms with Gasteiger partial charge in [-0.25, -0.2) is 0 Å². The molecule has 0 aliphatic carbocycles. The van der Waals surface area contributed by atoms with E-state index in [1.165, 1.54) is 65.3 Å². The first kappa shape index (κ1) is 34.1. The summed E-state index contributed by atoms with van der Waals surface area (Å²) in [7, 11) is 0. The number of para-hydroxylation sites is 1. The number of hydrogen-bond acceptors (Lipinski definition) is 2. The van der Waals surface area contributed by atoms with Crippen LogP contribution in [0.1, 0.15) is 0 Å². The van der Waals surface area contributed by atoms with Gasteiger partial charge in [0.15, 0.2) is 0 Å². The summed E-state index contributed by atoms with van der Waals surface area (Å²) in [6, 6.07) is 81.3. The van der Waals surface area contributed by atoms with Gasteiger partial charge in [-0.3, -0.25) is 0 Å². The van der Waals surface area contributed by atoms with Crippen molar-refractivity contribution in [1.29, 1.82) is 0 Å². The molecule has 12 aromatic rings. The van der Waals surface area contributed by atoms with Gasteiger partial charge in [0.1, 0.15) is 11.2 Å². The molecule has 0 radical (unpaired) electrons. The fourth-order valence-electron chi connectivity index (χ4n) is 9.26. The molecule has 2 heteroatoms. The Balaban J connectivity index is 0.979. The zero-order valence-corrected chi connectivity index (χ0v) is 32.7. The summed E-state index contributed by atoms with van der Waals surface area (Å²) < 4.78 is 6.30. The predicted octanol–water partition coefficient (Wildman–Crippen LogP) is 16.7. The van der Waals surface area contributed by atoms with Crippen molar-refractivity contribution in [1.82, 2.24) is 0 Å². The molecule has 60 heavy (non-hydrogen) atoms. The van der Waals surface area contributed by atoms with Crippen LogP contribution >= 0.6 is 0 Å². The maximum absolute atomic E-state index is 6.30. The van der Waals surface area contributed by atoms with E-state index in [2.05, 4.69) is 217 Å². The number of rotatable bonds is 6. The van der Waals surface area contributed by atoms with Crippen LogP contribution in [0.15, 0.2) is 229 Å². The Labute approximate surface area is 347 Å². The molecule has 0 bridgehead atoms. The normalized spacial score (nSPS) is 11.7. The Morgan fingerprint density at radius 3 is 1.48 bits per heavy atom. The van der Waals surface area contributed by atoms with Crippen molar-refractivity contribution < 1.29 is 4.42 Å². The minimum absolute atomic E-state index is 0.894. The molecule has 0 atom stereocenters. The van der Waals surface area contributed by atoms with Gasteiger partial charge in [0.05, 0.1) is 0 Å². The highest BCUT2D eigenvalue weighted by atomic mass is 16.3. The van der Waals surface area contributed by atoms with Crippen LogP contribution in [0.4, 0.5) is 17.1 Å². The molecule has 0 unspecified atom stereocenters. The van der Waals surface area contributed by atoms with Crippen LogP contribution in [0.2, 0.25) is 0 Å². The molecule has 0 N–H and O–H groups in total. The summed E-state index contributed by atoms with van der Waals surface area (Å²) in [5, 5.41) is 12.5. The van der Waals surface area contributed by atoms with Gasteiger partial charge in [-0.1, -0.05) is 164 Å². The largest absolute Gasteiger partial charge is 0.456 e. The van der Waals surface area contributed by atoms with Crippen molar-refractivity contribution in [3.8, 4) is 33.4 Å². The van der Waals surface area contributed by atoms with Crippen LogP contribution in [0.3, 0.4) is 0 Å². The standard InChI is InChI=1S/C58H37NO/c1-2-10-38(11-3-1)44-13-8-15-49(34-44)59(50-16-9-14-45(35-50)47-30-33-53-52-18-6-7-19-55(52)60-56(53)37-47)48-31-28-39(29-32-48)46-27-22-41-21-24-43-26-25-42-23-20-40-12-4-5-17-51(40)57(42)58(43)54(41)36-46/h1-37H. The van der Waals surface area contributed by atoms with Crippen molar-refractivity contribution in [3.63, 3.8) is 0 Å². The van der Waals surface area contributed by atoms with Crippen molar-refractivity contribution in [2.24, 2.45) is 0 Å². The average Bonchev–Trinajstić information content (AvgIpc) is 3.70. The number of hydrogen-bond donors (Lipinski definition) is 0. The summed E-state index contributed by atoms with van der Waals surface area (Å²) in [5.41, 5.74) is 12.0. The second-order valence-electron chi connectivity index (χ2n) is 15.7. The zero-order chi connectivity index (χ0) is 39.6. The second kappa shape index (κ2) is 13.9. The molecular formula is C58H37NO. The van der Waals surface area contributed by atoms with Gasteiger partial charge in [-0.15, -0.1) is 0 Å². The SMILES string of the molecule is c1ccc(-c2cccc(N(c3ccc(-c4ccc5ccc6ccc7ccc8ccccc8c7c6c5c4)cc3)c3cccc(-c4ccc5c(c4)oc4ccccc45)c3)c2)cc1.